The number of hydrazine groups is 1. The van der Waals surface area contributed by atoms with Crippen LogP contribution in [0.3, 0.4) is 0 Å². The number of carbonyl (C=O) groups excluding carboxylic acids is 2. The largest absolute Gasteiger partial charge is 0.355 e. The van der Waals surface area contributed by atoms with E-state index in [0.717, 1.165) is 36.1 Å². The van der Waals surface area contributed by atoms with Crippen LogP contribution < -0.4 is 10.2 Å². The van der Waals surface area contributed by atoms with Gasteiger partial charge in [0.05, 0.1) is 13.1 Å². The monoisotopic (exact) mass is 504 g/mol. The highest BCUT2D eigenvalue weighted by Crippen LogP contribution is 2.27. The predicted octanol–water partition coefficient (Wildman–Crippen LogP) is 3.86. The van der Waals surface area contributed by atoms with Crippen molar-refractivity contribution >= 4 is 17.5 Å². The van der Waals surface area contributed by atoms with E-state index in [-0.39, 0.29) is 24.9 Å². The summed E-state index contributed by atoms with van der Waals surface area (Å²) in [6.45, 7) is 8.02. The van der Waals surface area contributed by atoms with Crippen LogP contribution in [-0.2, 0) is 22.7 Å². The molecule has 0 fully saturated rings. The van der Waals surface area contributed by atoms with Crippen molar-refractivity contribution in [3.05, 3.63) is 65.0 Å². The number of anilines is 1. The van der Waals surface area contributed by atoms with E-state index in [1.54, 1.807) is 19.0 Å². The number of nitrogens with one attached hydrogen (secondary N) is 1. The second kappa shape index (κ2) is 12.0. The molecular weight excluding hydrogens is 468 g/mol. The second-order valence-electron chi connectivity index (χ2n) is 9.56. The van der Waals surface area contributed by atoms with Crippen molar-refractivity contribution in [2.45, 2.75) is 53.1 Å². The van der Waals surface area contributed by atoms with E-state index in [1.807, 2.05) is 47.2 Å². The molecule has 0 unspecified atom stereocenters. The number of fused-ring (bicyclic) bond motifs is 1. The average molecular weight is 505 g/mol. The highest BCUT2D eigenvalue weighted by Gasteiger charge is 2.27. The van der Waals surface area contributed by atoms with E-state index >= 15 is 0 Å². The Morgan fingerprint density at radius 1 is 1.05 bits per heavy atom. The van der Waals surface area contributed by atoms with Gasteiger partial charge in [-0.15, -0.1) is 0 Å². The van der Waals surface area contributed by atoms with Gasteiger partial charge in [-0.1, -0.05) is 49.2 Å². The third kappa shape index (κ3) is 6.54. The molecule has 0 spiro atoms. The number of likely N-dealkylation sites (N-methyl/N-ethyl adjacent to an activating group) is 1. The predicted molar refractivity (Wildman–Crippen MR) is 142 cm³/mol. The molecule has 9 nitrogen and oxygen atoms in total. The highest BCUT2D eigenvalue weighted by atomic mass is 16.5. The molecule has 2 heterocycles. The third-order valence-corrected chi connectivity index (χ3v) is 6.70. The molecular formula is C28H36N6O3. The van der Waals surface area contributed by atoms with Crippen molar-refractivity contribution in [2.75, 3.05) is 31.6 Å². The van der Waals surface area contributed by atoms with Crippen LogP contribution >= 0.6 is 0 Å². The summed E-state index contributed by atoms with van der Waals surface area (Å²) in [5.41, 5.74) is 5.02. The maximum absolute atomic E-state index is 13.4. The number of hydrogen-bond acceptors (Lipinski definition) is 7. The molecule has 1 aromatic heterocycles. The lowest BCUT2D eigenvalue weighted by Gasteiger charge is -2.32. The maximum atomic E-state index is 13.4. The Morgan fingerprint density at radius 2 is 1.78 bits per heavy atom. The molecule has 0 radical (unpaired) electrons. The van der Waals surface area contributed by atoms with Crippen LogP contribution in [-0.4, -0.2) is 58.7 Å². The minimum absolute atomic E-state index is 0.0766. The van der Waals surface area contributed by atoms with Gasteiger partial charge in [0, 0.05) is 44.9 Å². The molecule has 2 aromatic carbocycles. The number of carbonyl (C=O) groups is 2. The fourth-order valence-electron chi connectivity index (χ4n) is 4.57. The van der Waals surface area contributed by atoms with Crippen molar-refractivity contribution in [2.24, 2.45) is 0 Å². The number of amides is 2. The van der Waals surface area contributed by atoms with Crippen LogP contribution in [0.1, 0.15) is 48.8 Å². The Balaban J connectivity index is 1.50. The summed E-state index contributed by atoms with van der Waals surface area (Å²) in [7, 11) is 1.80. The molecule has 196 valence electrons. The van der Waals surface area contributed by atoms with E-state index in [9.17, 15) is 9.59 Å². The lowest BCUT2D eigenvalue weighted by Crippen LogP contribution is -2.48. The van der Waals surface area contributed by atoms with E-state index in [2.05, 4.69) is 34.5 Å². The van der Waals surface area contributed by atoms with Gasteiger partial charge in [-0.3, -0.25) is 14.6 Å². The molecule has 0 saturated carbocycles. The van der Waals surface area contributed by atoms with Crippen molar-refractivity contribution in [1.82, 2.24) is 25.5 Å². The van der Waals surface area contributed by atoms with Gasteiger partial charge in [-0.25, -0.2) is 5.01 Å². The first-order valence-corrected chi connectivity index (χ1v) is 12.9. The molecule has 37 heavy (non-hydrogen) atoms. The number of rotatable bonds is 11. The van der Waals surface area contributed by atoms with Crippen LogP contribution in [0.2, 0.25) is 0 Å². The molecule has 0 saturated heterocycles. The molecule has 1 N–H and O–H groups in total. The summed E-state index contributed by atoms with van der Waals surface area (Å²) in [5, 5.41) is 10.7. The normalized spacial score (nSPS) is 12.9. The Morgan fingerprint density at radius 3 is 2.41 bits per heavy atom. The van der Waals surface area contributed by atoms with Gasteiger partial charge < -0.3 is 14.7 Å². The third-order valence-electron chi connectivity index (χ3n) is 6.70. The van der Waals surface area contributed by atoms with E-state index in [4.69, 9.17) is 4.52 Å². The zero-order valence-corrected chi connectivity index (χ0v) is 22.2. The zero-order chi connectivity index (χ0) is 26.4. The van der Waals surface area contributed by atoms with Crippen molar-refractivity contribution in [3.8, 4) is 11.4 Å². The molecule has 0 aliphatic carbocycles. The summed E-state index contributed by atoms with van der Waals surface area (Å²) in [6, 6.07) is 14.0. The molecule has 1 aliphatic rings. The highest BCUT2D eigenvalue weighted by molar-refractivity contribution is 5.87. The van der Waals surface area contributed by atoms with Gasteiger partial charge in [-0.2, -0.15) is 4.98 Å². The first kappa shape index (κ1) is 26.3. The van der Waals surface area contributed by atoms with Gasteiger partial charge in [0.25, 0.3) is 5.91 Å². The van der Waals surface area contributed by atoms with Crippen LogP contribution in [0.5, 0.6) is 0 Å². The molecule has 1 aliphatic heterocycles. The van der Waals surface area contributed by atoms with E-state index < -0.39 is 0 Å². The number of benzene rings is 2. The summed E-state index contributed by atoms with van der Waals surface area (Å²) >= 11 is 0. The van der Waals surface area contributed by atoms with E-state index in [0.29, 0.717) is 31.3 Å². The van der Waals surface area contributed by atoms with Crippen molar-refractivity contribution in [3.63, 3.8) is 0 Å². The molecule has 0 atom stereocenters. The maximum Gasteiger partial charge on any atom is 0.256 e. The SMILES string of the molecule is CCCCCNC(=O)CN(CC(=O)N(C)N1Cc2ccccc2C1)c1ccc(-c2noc(C)n2)cc1C. The average Bonchev–Trinajstić information content (AvgIpc) is 3.52. The number of aromatic nitrogens is 2. The fourth-order valence-corrected chi connectivity index (χ4v) is 4.57. The fraction of sp³-hybridized carbons (Fsp3) is 0.429. The van der Waals surface area contributed by atoms with Gasteiger partial charge in [0.2, 0.25) is 17.6 Å². The summed E-state index contributed by atoms with van der Waals surface area (Å²) in [6.07, 6.45) is 3.10. The van der Waals surface area contributed by atoms with Gasteiger partial charge >= 0.3 is 0 Å². The van der Waals surface area contributed by atoms with Crippen LogP contribution in [0.4, 0.5) is 5.69 Å². The number of aryl methyl sites for hydroxylation is 2. The molecule has 3 aromatic rings. The lowest BCUT2D eigenvalue weighted by atomic mass is 10.1. The molecule has 0 bridgehead atoms. The Labute approximate surface area is 218 Å². The molecule has 4 rings (SSSR count). The minimum Gasteiger partial charge on any atom is -0.355 e. The smallest absolute Gasteiger partial charge is 0.256 e. The number of unbranched alkanes of at least 4 members (excludes halogenated alkanes) is 2. The standard InChI is InChI=1S/C28H36N6O3/c1-5-6-9-14-29-26(35)18-33(25-13-12-22(15-20(25)2)28-30-21(3)37-31-28)19-27(36)32(4)34-16-23-10-7-8-11-24(23)17-34/h7-8,10-13,15H,5-6,9,14,16-19H2,1-4H3,(H,29,35). The number of hydrogen-bond donors (Lipinski definition) is 1. The Kier molecular flexibility index (Phi) is 8.55. The van der Waals surface area contributed by atoms with Crippen LogP contribution in [0.15, 0.2) is 47.0 Å². The summed E-state index contributed by atoms with van der Waals surface area (Å²) in [5.74, 6) is 0.828. The minimum atomic E-state index is -0.0996. The van der Waals surface area contributed by atoms with Crippen molar-refractivity contribution < 1.29 is 14.1 Å². The van der Waals surface area contributed by atoms with Crippen LogP contribution in [0, 0.1) is 13.8 Å². The first-order chi connectivity index (χ1) is 17.9. The van der Waals surface area contributed by atoms with Gasteiger partial charge in [0.15, 0.2) is 0 Å². The van der Waals surface area contributed by atoms with Gasteiger partial charge in [0.1, 0.15) is 0 Å². The topological polar surface area (TPSA) is 94.8 Å². The first-order valence-electron chi connectivity index (χ1n) is 12.9. The van der Waals surface area contributed by atoms with E-state index in [1.165, 1.54) is 11.1 Å². The van der Waals surface area contributed by atoms with Gasteiger partial charge in [-0.05, 0) is 48.2 Å². The van der Waals surface area contributed by atoms with Crippen LogP contribution in [0.25, 0.3) is 11.4 Å². The Hall–Kier alpha value is -3.72. The second-order valence-corrected chi connectivity index (χ2v) is 9.56. The molecule has 2 amide bonds. The summed E-state index contributed by atoms with van der Waals surface area (Å²) < 4.78 is 5.12. The Bertz CT molecular complexity index is 1220. The van der Waals surface area contributed by atoms with Crippen molar-refractivity contribution in [1.29, 1.82) is 0 Å². The quantitative estimate of drug-likeness (QED) is 0.396. The zero-order valence-electron chi connectivity index (χ0n) is 22.2. The lowest BCUT2D eigenvalue weighted by molar-refractivity contribution is -0.145. The summed E-state index contributed by atoms with van der Waals surface area (Å²) in [4.78, 5) is 32.4. The molecule has 9 heteroatoms. The number of nitrogens with zero attached hydrogens (tertiary/aromatic N) is 5.